The van der Waals surface area contributed by atoms with Crippen molar-refractivity contribution in [3.8, 4) is 5.69 Å². The third kappa shape index (κ3) is 4.07. The molecule has 1 aromatic heterocycles. The van der Waals surface area contributed by atoms with Crippen molar-refractivity contribution in [1.29, 1.82) is 0 Å². The van der Waals surface area contributed by atoms with Crippen LogP contribution >= 0.6 is 0 Å². The maximum absolute atomic E-state index is 14.1. The second-order valence-corrected chi connectivity index (χ2v) is 4.57. The number of Topliss-reactive ketones (excluding diaryl/α,β-unsaturated/α-hetero) is 1. The number of nitrogens with zero attached hydrogens (tertiary/aromatic N) is 4. The summed E-state index contributed by atoms with van der Waals surface area (Å²) < 4.78 is 20.3. The highest BCUT2D eigenvalue weighted by Crippen LogP contribution is 2.22. The van der Waals surface area contributed by atoms with Gasteiger partial charge in [0.15, 0.2) is 17.3 Å². The van der Waals surface area contributed by atoms with Gasteiger partial charge in [-0.05, 0) is 18.2 Å². The quantitative estimate of drug-likeness (QED) is 0.503. The number of ketones is 1. The molecule has 0 bridgehead atoms. The van der Waals surface area contributed by atoms with Gasteiger partial charge in [-0.3, -0.25) is 4.79 Å². The summed E-state index contributed by atoms with van der Waals surface area (Å²) in [4.78, 5) is 11.4. The van der Waals surface area contributed by atoms with Gasteiger partial charge in [0, 0.05) is 32.5 Å². The topological polar surface area (TPSA) is 89.1 Å². The molecule has 2 aromatic rings. The second kappa shape index (κ2) is 7.41. The molecule has 0 aliphatic heterocycles. The van der Waals surface area contributed by atoms with Crippen LogP contribution in [-0.4, -0.2) is 34.4 Å². The Bertz CT molecular complexity index is 754. The number of aromatic nitrogens is 2. The summed E-state index contributed by atoms with van der Waals surface area (Å²) >= 11 is 0. The minimum Gasteiger partial charge on any atom is -0.507 e. The number of aliphatic hydroxyl groups excluding tert-OH is 1. The molecule has 23 heavy (non-hydrogen) atoms. The molecule has 0 unspecified atom stereocenters. The van der Waals surface area contributed by atoms with Crippen molar-refractivity contribution in [2.45, 2.75) is 6.92 Å². The first-order valence-corrected chi connectivity index (χ1v) is 6.66. The smallest absolute Gasteiger partial charge is 0.183 e. The van der Waals surface area contributed by atoms with Crippen molar-refractivity contribution in [2.24, 2.45) is 10.2 Å². The first-order valence-electron chi connectivity index (χ1n) is 6.66. The monoisotopic (exact) mass is 318 g/mol. The summed E-state index contributed by atoms with van der Waals surface area (Å²) in [6.45, 7) is 1.03. The summed E-state index contributed by atoms with van der Waals surface area (Å²) in [5, 5.41) is 21.0. The molecular formula is C15H15FN4O3. The van der Waals surface area contributed by atoms with Crippen LogP contribution in [0.15, 0.2) is 58.3 Å². The molecule has 0 saturated carbocycles. The lowest BCUT2D eigenvalue weighted by molar-refractivity contribution is -0.113. The van der Waals surface area contributed by atoms with Gasteiger partial charge in [-0.15, -0.1) is 10.2 Å². The lowest BCUT2D eigenvalue weighted by atomic mass is 10.2. The number of halogens is 1. The minimum atomic E-state index is -0.629. The van der Waals surface area contributed by atoms with Gasteiger partial charge in [-0.2, -0.15) is 5.10 Å². The van der Waals surface area contributed by atoms with Crippen LogP contribution in [0.25, 0.3) is 5.69 Å². The number of benzene rings is 1. The maximum atomic E-state index is 14.1. The molecule has 0 spiro atoms. The zero-order valence-corrected chi connectivity index (χ0v) is 12.6. The van der Waals surface area contributed by atoms with Crippen molar-refractivity contribution in [1.82, 2.24) is 9.78 Å². The molecule has 0 radical (unpaired) electrons. The third-order valence-electron chi connectivity index (χ3n) is 2.85. The number of methoxy groups -OCH3 is 1. The normalized spacial score (nSPS) is 12.5. The fourth-order valence-electron chi connectivity index (χ4n) is 1.78. The number of azo groups is 1. The van der Waals surface area contributed by atoms with Gasteiger partial charge in [0.2, 0.25) is 0 Å². The Kier molecular flexibility index (Phi) is 5.32. The number of carbonyl (C=O) groups excluding carboxylic acids is 1. The molecule has 0 aliphatic carbocycles. The Morgan fingerprint density at radius 2 is 2.26 bits per heavy atom. The highest BCUT2D eigenvalue weighted by molar-refractivity contribution is 5.93. The summed E-state index contributed by atoms with van der Waals surface area (Å²) in [7, 11) is 1.36. The molecular weight excluding hydrogens is 303 g/mol. The molecule has 0 atom stereocenters. The van der Waals surface area contributed by atoms with Crippen LogP contribution in [0.1, 0.15) is 6.92 Å². The van der Waals surface area contributed by atoms with Crippen molar-refractivity contribution in [2.75, 3.05) is 13.7 Å². The lowest BCUT2D eigenvalue weighted by Gasteiger charge is -2.04. The zero-order chi connectivity index (χ0) is 16.8. The van der Waals surface area contributed by atoms with E-state index < -0.39 is 11.6 Å². The van der Waals surface area contributed by atoms with Gasteiger partial charge < -0.3 is 9.84 Å². The number of ether oxygens (including phenoxy) is 1. The molecule has 1 heterocycles. The van der Waals surface area contributed by atoms with E-state index >= 15 is 0 Å². The lowest BCUT2D eigenvalue weighted by Crippen LogP contribution is -2.03. The average Bonchev–Trinajstić information content (AvgIpc) is 3.03. The molecule has 0 aliphatic rings. The molecule has 1 N–H and O–H groups in total. The first-order chi connectivity index (χ1) is 11.0. The fourth-order valence-corrected chi connectivity index (χ4v) is 1.78. The van der Waals surface area contributed by atoms with Crippen molar-refractivity contribution < 1.29 is 19.0 Å². The predicted molar refractivity (Wildman–Crippen MR) is 80.2 cm³/mol. The SMILES string of the molecule is COC/C(O)=C(/N=Nc1ccc(-n2cccn2)cc1F)C(C)=O. The van der Waals surface area contributed by atoms with Crippen LogP contribution in [0.2, 0.25) is 0 Å². The van der Waals surface area contributed by atoms with Crippen molar-refractivity contribution in [3.05, 3.63) is 53.9 Å². The number of allylic oxidation sites excluding steroid dienone is 1. The van der Waals surface area contributed by atoms with E-state index in [1.54, 1.807) is 24.5 Å². The summed E-state index contributed by atoms with van der Waals surface area (Å²) in [5.41, 5.74) is 0.184. The molecule has 0 amide bonds. The van der Waals surface area contributed by atoms with Crippen LogP contribution in [0.5, 0.6) is 0 Å². The van der Waals surface area contributed by atoms with Crippen molar-refractivity contribution >= 4 is 11.5 Å². The van der Waals surface area contributed by atoms with E-state index in [4.69, 9.17) is 4.74 Å². The van der Waals surface area contributed by atoms with Crippen LogP contribution in [0.4, 0.5) is 10.1 Å². The van der Waals surface area contributed by atoms with Crippen LogP contribution in [0, 0.1) is 5.82 Å². The van der Waals surface area contributed by atoms with E-state index in [-0.39, 0.29) is 23.8 Å². The van der Waals surface area contributed by atoms with E-state index in [0.717, 1.165) is 0 Å². The average molecular weight is 318 g/mol. The van der Waals surface area contributed by atoms with E-state index in [1.165, 1.54) is 30.8 Å². The van der Waals surface area contributed by atoms with Crippen molar-refractivity contribution in [3.63, 3.8) is 0 Å². The van der Waals surface area contributed by atoms with Gasteiger partial charge in [-0.1, -0.05) is 0 Å². The van der Waals surface area contributed by atoms with Crippen LogP contribution in [-0.2, 0) is 9.53 Å². The Balaban J connectivity index is 2.29. The molecule has 2 rings (SSSR count). The second-order valence-electron chi connectivity index (χ2n) is 4.57. The standard InChI is InChI=1S/C15H15FN4O3/c1-10(21)15(14(22)9-23-2)19-18-13-5-4-11(8-12(13)16)20-7-3-6-17-20/h3-8,22H,9H2,1-2H3/b15-14-,19-18?. The largest absolute Gasteiger partial charge is 0.507 e. The van der Waals surface area contributed by atoms with Gasteiger partial charge >= 0.3 is 0 Å². The fraction of sp³-hybridized carbons (Fsp3) is 0.200. The highest BCUT2D eigenvalue weighted by atomic mass is 19.1. The van der Waals surface area contributed by atoms with Crippen LogP contribution < -0.4 is 0 Å². The Labute approximate surface area is 131 Å². The Morgan fingerprint density at radius 3 is 2.83 bits per heavy atom. The van der Waals surface area contributed by atoms with Gasteiger partial charge in [0.25, 0.3) is 0 Å². The molecule has 120 valence electrons. The summed E-state index contributed by atoms with van der Waals surface area (Å²) in [6, 6.07) is 5.97. The maximum Gasteiger partial charge on any atom is 0.183 e. The number of rotatable bonds is 6. The molecule has 0 saturated heterocycles. The Hall–Kier alpha value is -2.87. The summed E-state index contributed by atoms with van der Waals surface area (Å²) in [5.74, 6) is -1.50. The van der Waals surface area contributed by atoms with Gasteiger partial charge in [-0.25, -0.2) is 9.07 Å². The molecule has 1 aromatic carbocycles. The predicted octanol–water partition coefficient (Wildman–Crippen LogP) is 3.10. The molecule has 8 heteroatoms. The van der Waals surface area contributed by atoms with Gasteiger partial charge in [0.05, 0.1) is 5.69 Å². The van der Waals surface area contributed by atoms with E-state index in [9.17, 15) is 14.3 Å². The van der Waals surface area contributed by atoms with Gasteiger partial charge in [0.1, 0.15) is 18.1 Å². The van der Waals surface area contributed by atoms with E-state index in [2.05, 4.69) is 15.3 Å². The Morgan fingerprint density at radius 1 is 1.48 bits per heavy atom. The number of aliphatic hydroxyl groups is 1. The third-order valence-corrected chi connectivity index (χ3v) is 2.85. The summed E-state index contributed by atoms with van der Waals surface area (Å²) in [6.07, 6.45) is 3.25. The first kappa shape index (κ1) is 16.5. The van der Waals surface area contributed by atoms with Crippen LogP contribution in [0.3, 0.4) is 0 Å². The van der Waals surface area contributed by atoms with E-state index in [1.807, 2.05) is 0 Å². The van der Waals surface area contributed by atoms with E-state index in [0.29, 0.717) is 5.69 Å². The highest BCUT2D eigenvalue weighted by Gasteiger charge is 2.11. The number of carbonyl (C=O) groups is 1. The number of hydrogen-bond donors (Lipinski definition) is 1. The molecule has 0 fully saturated rings. The molecule has 7 nitrogen and oxygen atoms in total. The zero-order valence-electron chi connectivity index (χ0n) is 12.6. The number of hydrogen-bond acceptors (Lipinski definition) is 6. The minimum absolute atomic E-state index is 0.0649.